The maximum absolute atomic E-state index is 13.8. The summed E-state index contributed by atoms with van der Waals surface area (Å²) in [6, 6.07) is 5.94. The van der Waals surface area contributed by atoms with Crippen LogP contribution in [0.15, 0.2) is 54.2 Å². The molecule has 0 aromatic heterocycles. The van der Waals surface area contributed by atoms with Crippen LogP contribution in [0.1, 0.15) is 50.0 Å². The molecular weight excluding hydrogens is 360 g/mol. The molecule has 1 heterocycles. The highest BCUT2D eigenvalue weighted by atomic mass is 19.3. The Morgan fingerprint density at radius 1 is 1.43 bits per heavy atom. The predicted octanol–water partition coefficient (Wildman–Crippen LogP) is 5.22. The Morgan fingerprint density at radius 2 is 2.14 bits per heavy atom. The first-order valence-corrected chi connectivity index (χ1v) is 9.59. The number of carbonyl (C=O) groups is 1. The first kappa shape index (κ1) is 22.0. The van der Waals surface area contributed by atoms with Crippen molar-refractivity contribution in [3.63, 3.8) is 0 Å². The molecule has 0 spiro atoms. The number of allylic oxidation sites excluding steroid dienone is 3. The fraction of sp³-hybridized carbons (Fsp3) is 0.435. The number of carbonyl (C=O) groups excluding carboxylic acids is 1. The van der Waals surface area contributed by atoms with Crippen molar-refractivity contribution in [2.24, 2.45) is 0 Å². The summed E-state index contributed by atoms with van der Waals surface area (Å²) in [5, 5.41) is 2.87. The van der Waals surface area contributed by atoms with Gasteiger partial charge in [-0.2, -0.15) is 0 Å². The molecule has 28 heavy (non-hydrogen) atoms. The van der Waals surface area contributed by atoms with Gasteiger partial charge in [-0.1, -0.05) is 55.8 Å². The molecule has 1 aromatic rings. The van der Waals surface area contributed by atoms with Crippen LogP contribution in [0.3, 0.4) is 0 Å². The highest BCUT2D eigenvalue weighted by Crippen LogP contribution is 2.34. The van der Waals surface area contributed by atoms with E-state index in [1.54, 1.807) is 0 Å². The number of ether oxygens (including phenoxy) is 1. The number of benzene rings is 1. The third-order valence-corrected chi connectivity index (χ3v) is 4.97. The summed E-state index contributed by atoms with van der Waals surface area (Å²) in [7, 11) is 0. The first-order chi connectivity index (χ1) is 13.2. The van der Waals surface area contributed by atoms with E-state index >= 15 is 0 Å². The standard InChI is InChI=1S/C23H29F2NO2/c1-6-8-10-18(16(4)23(5,24)25)22(27)26-20-14-28-21(20)19-12-11-15(3)13-17(19)9-7-2/h6,8,10-13,20-21H,1,7,9,14H2,2-5H3,(H,26,27)/b10-8-,18-16-. The van der Waals surface area contributed by atoms with Gasteiger partial charge in [0.25, 0.3) is 11.8 Å². The van der Waals surface area contributed by atoms with E-state index in [0.29, 0.717) is 6.61 Å². The van der Waals surface area contributed by atoms with E-state index in [1.807, 2.05) is 19.1 Å². The van der Waals surface area contributed by atoms with Crippen LogP contribution in [0, 0.1) is 6.92 Å². The van der Waals surface area contributed by atoms with Crippen LogP contribution in [0.25, 0.3) is 0 Å². The second-order valence-electron chi connectivity index (χ2n) is 7.31. The van der Waals surface area contributed by atoms with Crippen molar-refractivity contribution >= 4 is 5.91 Å². The molecule has 2 rings (SSSR count). The van der Waals surface area contributed by atoms with Crippen molar-refractivity contribution in [3.05, 3.63) is 70.8 Å². The fourth-order valence-corrected chi connectivity index (χ4v) is 3.23. The van der Waals surface area contributed by atoms with Crippen molar-refractivity contribution in [2.75, 3.05) is 6.61 Å². The van der Waals surface area contributed by atoms with Crippen LogP contribution in [-0.2, 0) is 16.0 Å². The molecule has 1 amide bonds. The third-order valence-electron chi connectivity index (χ3n) is 4.97. The molecule has 1 N–H and O–H groups in total. The van der Waals surface area contributed by atoms with Gasteiger partial charge in [0.15, 0.2) is 0 Å². The molecule has 2 atom stereocenters. The van der Waals surface area contributed by atoms with Gasteiger partial charge in [-0.3, -0.25) is 4.79 Å². The Balaban J connectivity index is 2.24. The number of rotatable bonds is 8. The average molecular weight is 389 g/mol. The lowest BCUT2D eigenvalue weighted by Gasteiger charge is -2.39. The molecule has 5 heteroatoms. The third kappa shape index (κ3) is 5.16. The zero-order valence-corrected chi connectivity index (χ0v) is 17.0. The predicted molar refractivity (Wildman–Crippen MR) is 108 cm³/mol. The number of aryl methyl sites for hydroxylation is 2. The molecule has 1 fully saturated rings. The van der Waals surface area contributed by atoms with Crippen LogP contribution < -0.4 is 5.32 Å². The van der Waals surface area contributed by atoms with Gasteiger partial charge >= 0.3 is 0 Å². The van der Waals surface area contributed by atoms with Crippen LogP contribution >= 0.6 is 0 Å². The zero-order chi connectivity index (χ0) is 20.9. The molecule has 152 valence electrons. The van der Waals surface area contributed by atoms with Crippen LogP contribution in [0.4, 0.5) is 8.78 Å². The normalized spacial score (nSPS) is 20.5. The molecule has 0 saturated carbocycles. The second-order valence-corrected chi connectivity index (χ2v) is 7.31. The molecule has 1 aromatic carbocycles. The van der Waals surface area contributed by atoms with Gasteiger partial charge < -0.3 is 10.1 Å². The molecule has 0 radical (unpaired) electrons. The van der Waals surface area contributed by atoms with E-state index in [-0.39, 0.29) is 23.3 Å². The summed E-state index contributed by atoms with van der Waals surface area (Å²) >= 11 is 0. The summed E-state index contributed by atoms with van der Waals surface area (Å²) in [4.78, 5) is 12.7. The summed E-state index contributed by atoms with van der Waals surface area (Å²) in [5.41, 5.74) is 3.10. The summed E-state index contributed by atoms with van der Waals surface area (Å²) in [6.45, 7) is 10.1. The average Bonchev–Trinajstić information content (AvgIpc) is 2.60. The Morgan fingerprint density at radius 3 is 2.68 bits per heavy atom. The SMILES string of the molecule is C=C/C=C\C(C(=O)NC1COC1c1ccc(C)cc1CCC)=C(/C)C(C)(F)F. The first-order valence-electron chi connectivity index (χ1n) is 9.59. The zero-order valence-electron chi connectivity index (χ0n) is 17.0. The highest BCUT2D eigenvalue weighted by Gasteiger charge is 2.37. The summed E-state index contributed by atoms with van der Waals surface area (Å²) in [5.74, 6) is -3.61. The van der Waals surface area contributed by atoms with Gasteiger partial charge in [-0.15, -0.1) is 0 Å². The van der Waals surface area contributed by atoms with Crippen LogP contribution in [-0.4, -0.2) is 24.5 Å². The molecule has 1 aliphatic heterocycles. The topological polar surface area (TPSA) is 38.3 Å². The lowest BCUT2D eigenvalue weighted by molar-refractivity contribution is -0.129. The minimum atomic E-state index is -3.08. The minimum Gasteiger partial charge on any atom is -0.369 e. The highest BCUT2D eigenvalue weighted by molar-refractivity contribution is 5.97. The molecule has 1 aliphatic rings. The van der Waals surface area contributed by atoms with Crippen LogP contribution in [0.5, 0.6) is 0 Å². The van der Waals surface area contributed by atoms with Gasteiger partial charge in [-0.05, 0) is 37.5 Å². The molecule has 1 saturated heterocycles. The van der Waals surface area contributed by atoms with E-state index < -0.39 is 11.8 Å². The monoisotopic (exact) mass is 389 g/mol. The largest absolute Gasteiger partial charge is 0.369 e. The fourth-order valence-electron chi connectivity index (χ4n) is 3.23. The summed E-state index contributed by atoms with van der Waals surface area (Å²) < 4.78 is 33.3. The van der Waals surface area contributed by atoms with Gasteiger partial charge in [0, 0.05) is 18.1 Å². The van der Waals surface area contributed by atoms with Gasteiger partial charge in [0.2, 0.25) is 0 Å². The Bertz CT molecular complexity index is 790. The quantitative estimate of drug-likeness (QED) is 0.489. The van der Waals surface area contributed by atoms with Crippen molar-refractivity contribution in [3.8, 4) is 0 Å². The molecular formula is C23H29F2NO2. The van der Waals surface area contributed by atoms with Crippen molar-refractivity contribution in [2.45, 2.75) is 58.6 Å². The molecule has 0 bridgehead atoms. The summed E-state index contributed by atoms with van der Waals surface area (Å²) in [6.07, 6.45) is 5.97. The number of nitrogens with one attached hydrogen (secondary N) is 1. The second kappa shape index (κ2) is 9.28. The maximum atomic E-state index is 13.8. The van der Waals surface area contributed by atoms with Crippen LogP contribution in [0.2, 0.25) is 0 Å². The van der Waals surface area contributed by atoms with Crippen molar-refractivity contribution in [1.82, 2.24) is 5.32 Å². The maximum Gasteiger partial charge on any atom is 0.267 e. The number of hydrogen-bond acceptors (Lipinski definition) is 2. The molecule has 3 nitrogen and oxygen atoms in total. The minimum absolute atomic E-state index is 0.0456. The van der Waals surface area contributed by atoms with Crippen molar-refractivity contribution < 1.29 is 18.3 Å². The smallest absolute Gasteiger partial charge is 0.267 e. The van der Waals surface area contributed by atoms with Gasteiger partial charge in [0.1, 0.15) is 6.10 Å². The number of hydrogen-bond donors (Lipinski definition) is 1. The molecule has 2 unspecified atom stereocenters. The van der Waals surface area contributed by atoms with Crippen molar-refractivity contribution in [1.29, 1.82) is 0 Å². The Labute approximate surface area is 166 Å². The Hall–Kier alpha value is -2.27. The van der Waals surface area contributed by atoms with Gasteiger partial charge in [-0.25, -0.2) is 8.78 Å². The lowest BCUT2D eigenvalue weighted by Crippen LogP contribution is -2.51. The number of halogens is 2. The number of alkyl halides is 2. The number of amides is 1. The molecule has 0 aliphatic carbocycles. The van der Waals surface area contributed by atoms with E-state index in [0.717, 1.165) is 25.3 Å². The van der Waals surface area contributed by atoms with E-state index in [2.05, 4.69) is 24.9 Å². The van der Waals surface area contributed by atoms with E-state index in [9.17, 15) is 13.6 Å². The van der Waals surface area contributed by atoms with E-state index in [1.165, 1.54) is 36.3 Å². The van der Waals surface area contributed by atoms with E-state index in [4.69, 9.17) is 4.74 Å². The lowest BCUT2D eigenvalue weighted by atomic mass is 9.90. The Kier molecular flexibility index (Phi) is 7.30. The van der Waals surface area contributed by atoms with Gasteiger partial charge in [0.05, 0.1) is 12.6 Å².